The Morgan fingerprint density at radius 1 is 1.47 bits per heavy atom. The first-order valence-corrected chi connectivity index (χ1v) is 7.58. The molecule has 0 unspecified atom stereocenters. The van der Waals surface area contributed by atoms with Gasteiger partial charge in [-0.1, -0.05) is 29.8 Å². The molecule has 1 aromatic carbocycles. The van der Waals surface area contributed by atoms with Crippen molar-refractivity contribution in [1.29, 1.82) is 0 Å². The van der Waals surface area contributed by atoms with Gasteiger partial charge in [0, 0.05) is 17.1 Å². The maximum absolute atomic E-state index is 11.4. The lowest BCUT2D eigenvalue weighted by Gasteiger charge is -2.27. The standard InChI is InChI=1S/C15H20BrNO2/c1-10(2)7-8-17(12-4-5-12)14-9-11(16)3-6-13(14)15(18)19/h3,6,9-10,12H,4-5,7-8H2,1-2H3,(H,18,19). The molecule has 0 heterocycles. The molecule has 19 heavy (non-hydrogen) atoms. The van der Waals surface area contributed by atoms with Crippen molar-refractivity contribution in [3.8, 4) is 0 Å². The highest BCUT2D eigenvalue weighted by molar-refractivity contribution is 9.10. The number of rotatable bonds is 6. The van der Waals surface area contributed by atoms with Gasteiger partial charge in [0.1, 0.15) is 0 Å². The van der Waals surface area contributed by atoms with E-state index in [4.69, 9.17) is 0 Å². The number of halogens is 1. The second-order valence-electron chi connectivity index (χ2n) is 5.57. The van der Waals surface area contributed by atoms with Crippen LogP contribution in [0, 0.1) is 5.92 Å². The van der Waals surface area contributed by atoms with Crippen LogP contribution in [0.2, 0.25) is 0 Å². The lowest BCUT2D eigenvalue weighted by atomic mass is 10.1. The van der Waals surface area contributed by atoms with Crippen molar-refractivity contribution < 1.29 is 9.90 Å². The predicted molar refractivity (Wildman–Crippen MR) is 80.9 cm³/mol. The van der Waals surface area contributed by atoms with Crippen molar-refractivity contribution in [2.45, 2.75) is 39.2 Å². The fourth-order valence-electron chi connectivity index (χ4n) is 2.21. The Morgan fingerprint density at radius 2 is 2.16 bits per heavy atom. The molecule has 104 valence electrons. The number of anilines is 1. The summed E-state index contributed by atoms with van der Waals surface area (Å²) in [7, 11) is 0. The third-order valence-electron chi connectivity index (χ3n) is 3.43. The second-order valence-corrected chi connectivity index (χ2v) is 6.49. The van der Waals surface area contributed by atoms with Gasteiger partial charge >= 0.3 is 5.97 Å². The number of carboxylic acids is 1. The van der Waals surface area contributed by atoms with E-state index in [1.807, 2.05) is 6.07 Å². The number of carboxylic acid groups (broad SMARTS) is 1. The molecule has 0 aliphatic heterocycles. The molecule has 1 aromatic rings. The van der Waals surface area contributed by atoms with E-state index in [-0.39, 0.29) is 0 Å². The zero-order chi connectivity index (χ0) is 14.0. The first-order chi connectivity index (χ1) is 8.99. The largest absolute Gasteiger partial charge is 0.478 e. The molecule has 3 nitrogen and oxygen atoms in total. The molecule has 0 atom stereocenters. The van der Waals surface area contributed by atoms with E-state index in [1.54, 1.807) is 12.1 Å². The molecule has 0 aromatic heterocycles. The van der Waals surface area contributed by atoms with Crippen LogP contribution >= 0.6 is 15.9 Å². The summed E-state index contributed by atoms with van der Waals surface area (Å²) in [6.45, 7) is 5.33. The molecule has 0 bridgehead atoms. The first kappa shape index (κ1) is 14.4. The SMILES string of the molecule is CC(C)CCN(c1cc(Br)ccc1C(=O)O)C1CC1. The Bertz CT molecular complexity index is 469. The van der Waals surface area contributed by atoms with Gasteiger partial charge in [-0.25, -0.2) is 4.79 Å². The molecule has 4 heteroatoms. The third kappa shape index (κ3) is 3.72. The van der Waals surface area contributed by atoms with Crippen LogP contribution in [0.5, 0.6) is 0 Å². The summed E-state index contributed by atoms with van der Waals surface area (Å²) in [5, 5.41) is 9.34. The zero-order valence-corrected chi connectivity index (χ0v) is 13.0. The van der Waals surface area contributed by atoms with Crippen LogP contribution in [0.3, 0.4) is 0 Å². The Morgan fingerprint density at radius 3 is 2.68 bits per heavy atom. The predicted octanol–water partition coefficient (Wildman–Crippen LogP) is 4.16. The molecule has 0 radical (unpaired) electrons. The van der Waals surface area contributed by atoms with Gasteiger partial charge in [-0.2, -0.15) is 0 Å². The van der Waals surface area contributed by atoms with Crippen molar-refractivity contribution in [3.05, 3.63) is 28.2 Å². The number of aromatic carboxylic acids is 1. The number of carbonyl (C=O) groups is 1. The summed E-state index contributed by atoms with van der Waals surface area (Å²) >= 11 is 3.44. The number of nitrogens with zero attached hydrogens (tertiary/aromatic N) is 1. The average molecular weight is 326 g/mol. The van der Waals surface area contributed by atoms with Crippen LogP contribution in [0.4, 0.5) is 5.69 Å². The van der Waals surface area contributed by atoms with Crippen LogP contribution < -0.4 is 4.90 Å². The molecular formula is C15H20BrNO2. The Balaban J connectivity index is 2.29. The summed E-state index contributed by atoms with van der Waals surface area (Å²) in [6.07, 6.45) is 3.43. The van der Waals surface area contributed by atoms with Crippen LogP contribution in [0.1, 0.15) is 43.5 Å². The molecule has 0 spiro atoms. The lowest BCUT2D eigenvalue weighted by Crippen LogP contribution is -2.29. The zero-order valence-electron chi connectivity index (χ0n) is 11.4. The molecule has 0 saturated heterocycles. The van der Waals surface area contributed by atoms with E-state index >= 15 is 0 Å². The minimum atomic E-state index is -0.849. The van der Waals surface area contributed by atoms with E-state index in [1.165, 1.54) is 12.8 Å². The van der Waals surface area contributed by atoms with Gasteiger partial charge in [0.05, 0.1) is 11.3 Å². The fourth-order valence-corrected chi connectivity index (χ4v) is 2.56. The van der Waals surface area contributed by atoms with E-state index in [0.717, 1.165) is 23.1 Å². The van der Waals surface area contributed by atoms with Crippen LogP contribution in [0.25, 0.3) is 0 Å². The number of hydrogen-bond acceptors (Lipinski definition) is 2. The van der Waals surface area contributed by atoms with E-state index in [9.17, 15) is 9.90 Å². The topological polar surface area (TPSA) is 40.5 Å². The van der Waals surface area contributed by atoms with E-state index in [0.29, 0.717) is 17.5 Å². The third-order valence-corrected chi connectivity index (χ3v) is 3.93. The number of benzene rings is 1. The summed E-state index contributed by atoms with van der Waals surface area (Å²) < 4.78 is 0.933. The van der Waals surface area contributed by atoms with Gasteiger partial charge in [-0.3, -0.25) is 0 Å². The molecule has 2 rings (SSSR count). The summed E-state index contributed by atoms with van der Waals surface area (Å²) in [5.41, 5.74) is 1.25. The van der Waals surface area contributed by atoms with Gasteiger partial charge in [0.15, 0.2) is 0 Å². The summed E-state index contributed by atoms with van der Waals surface area (Å²) in [4.78, 5) is 13.6. The summed E-state index contributed by atoms with van der Waals surface area (Å²) in [6, 6.07) is 5.93. The first-order valence-electron chi connectivity index (χ1n) is 6.78. The second kappa shape index (κ2) is 5.95. The summed E-state index contributed by atoms with van der Waals surface area (Å²) in [5.74, 6) is -0.223. The van der Waals surface area contributed by atoms with Crippen LogP contribution in [-0.2, 0) is 0 Å². The Kier molecular flexibility index (Phi) is 4.50. The smallest absolute Gasteiger partial charge is 0.337 e. The van der Waals surface area contributed by atoms with E-state index in [2.05, 4.69) is 34.7 Å². The van der Waals surface area contributed by atoms with Gasteiger partial charge in [0.25, 0.3) is 0 Å². The molecule has 0 amide bonds. The van der Waals surface area contributed by atoms with Gasteiger partial charge < -0.3 is 10.0 Å². The molecule has 1 aliphatic carbocycles. The quantitative estimate of drug-likeness (QED) is 0.853. The highest BCUT2D eigenvalue weighted by atomic mass is 79.9. The van der Waals surface area contributed by atoms with E-state index < -0.39 is 5.97 Å². The fraction of sp³-hybridized carbons (Fsp3) is 0.533. The molecular weight excluding hydrogens is 306 g/mol. The van der Waals surface area contributed by atoms with Crippen molar-refractivity contribution >= 4 is 27.6 Å². The van der Waals surface area contributed by atoms with Crippen molar-refractivity contribution in [3.63, 3.8) is 0 Å². The lowest BCUT2D eigenvalue weighted by molar-refractivity contribution is 0.0697. The Hall–Kier alpha value is -1.03. The molecule has 1 N–H and O–H groups in total. The van der Waals surface area contributed by atoms with Gasteiger partial charge in [0.2, 0.25) is 0 Å². The molecule has 1 saturated carbocycles. The van der Waals surface area contributed by atoms with Crippen molar-refractivity contribution in [2.75, 3.05) is 11.4 Å². The maximum atomic E-state index is 11.4. The minimum Gasteiger partial charge on any atom is -0.478 e. The average Bonchev–Trinajstić information content (AvgIpc) is 3.13. The van der Waals surface area contributed by atoms with Gasteiger partial charge in [-0.05, 0) is 43.4 Å². The van der Waals surface area contributed by atoms with Gasteiger partial charge in [-0.15, -0.1) is 0 Å². The Labute approximate surface area is 122 Å². The van der Waals surface area contributed by atoms with Crippen molar-refractivity contribution in [1.82, 2.24) is 0 Å². The molecule has 1 aliphatic rings. The number of hydrogen-bond donors (Lipinski definition) is 1. The van der Waals surface area contributed by atoms with Crippen LogP contribution in [0.15, 0.2) is 22.7 Å². The monoisotopic (exact) mass is 325 g/mol. The highest BCUT2D eigenvalue weighted by Crippen LogP contribution is 2.35. The van der Waals surface area contributed by atoms with Crippen LogP contribution in [-0.4, -0.2) is 23.7 Å². The maximum Gasteiger partial charge on any atom is 0.337 e. The molecule has 1 fully saturated rings. The normalized spacial score (nSPS) is 14.7. The highest BCUT2D eigenvalue weighted by Gasteiger charge is 2.31. The van der Waals surface area contributed by atoms with Crippen molar-refractivity contribution in [2.24, 2.45) is 5.92 Å². The minimum absolute atomic E-state index is 0.402.